The summed E-state index contributed by atoms with van der Waals surface area (Å²) in [5.41, 5.74) is 1.00. The maximum atomic E-state index is 11.5. The molecule has 98 valence electrons. The maximum Gasteiger partial charge on any atom is 0.411 e. The fourth-order valence-corrected chi connectivity index (χ4v) is 1.26. The zero-order valence-corrected chi connectivity index (χ0v) is 10.1. The molecule has 1 aromatic carbocycles. The molecule has 0 aliphatic rings. The zero-order valence-electron chi connectivity index (χ0n) is 10.1. The number of ether oxygens (including phenoxy) is 1. The predicted octanol–water partition coefficient (Wildman–Crippen LogP) is 0.977. The lowest BCUT2D eigenvalue weighted by atomic mass is 10.2. The average Bonchev–Trinajstić information content (AvgIpc) is 2.37. The second-order valence-electron chi connectivity index (χ2n) is 3.40. The molecule has 0 aliphatic carbocycles. The zero-order chi connectivity index (χ0) is 13.4. The summed E-state index contributed by atoms with van der Waals surface area (Å²) in [7, 11) is 0. The largest absolute Gasteiger partial charge is 0.450 e. The Morgan fingerprint density at radius 1 is 1.28 bits per heavy atom. The van der Waals surface area contributed by atoms with Crippen molar-refractivity contribution in [1.82, 2.24) is 5.32 Å². The Hall–Kier alpha value is -2.08. The minimum Gasteiger partial charge on any atom is -0.450 e. The van der Waals surface area contributed by atoms with Crippen LogP contribution in [0.2, 0.25) is 0 Å². The molecule has 0 aliphatic heterocycles. The van der Waals surface area contributed by atoms with E-state index in [1.54, 1.807) is 31.2 Å². The van der Waals surface area contributed by atoms with Gasteiger partial charge in [0.05, 0.1) is 13.2 Å². The minimum absolute atomic E-state index is 0.103. The van der Waals surface area contributed by atoms with Gasteiger partial charge in [-0.25, -0.2) is 4.79 Å². The molecule has 0 atom stereocenters. The predicted molar refractivity (Wildman–Crippen MR) is 66.5 cm³/mol. The van der Waals surface area contributed by atoms with Crippen molar-refractivity contribution in [2.45, 2.75) is 6.92 Å². The van der Waals surface area contributed by atoms with Crippen LogP contribution in [0.15, 0.2) is 24.3 Å². The first-order valence-corrected chi connectivity index (χ1v) is 5.60. The number of amides is 2. The van der Waals surface area contributed by atoms with Crippen LogP contribution in [0.3, 0.4) is 0 Å². The van der Waals surface area contributed by atoms with Gasteiger partial charge in [-0.05, 0) is 31.2 Å². The normalized spacial score (nSPS) is 9.67. The Morgan fingerprint density at radius 3 is 2.50 bits per heavy atom. The highest BCUT2D eigenvalue weighted by atomic mass is 16.5. The lowest BCUT2D eigenvalue weighted by Gasteiger charge is -2.06. The van der Waals surface area contributed by atoms with Crippen molar-refractivity contribution in [1.29, 1.82) is 0 Å². The Balaban J connectivity index is 2.57. The van der Waals surface area contributed by atoms with Crippen molar-refractivity contribution in [2.75, 3.05) is 25.1 Å². The van der Waals surface area contributed by atoms with E-state index in [2.05, 4.69) is 10.6 Å². The third-order valence-corrected chi connectivity index (χ3v) is 2.07. The maximum absolute atomic E-state index is 11.5. The molecule has 0 radical (unpaired) electrons. The number of benzene rings is 1. The number of anilines is 1. The van der Waals surface area contributed by atoms with E-state index in [1.807, 2.05) is 0 Å². The molecule has 1 rings (SSSR count). The van der Waals surface area contributed by atoms with E-state index in [1.165, 1.54) is 0 Å². The molecule has 0 saturated heterocycles. The molecule has 2 amide bonds. The fraction of sp³-hybridized carbons (Fsp3) is 0.333. The first-order chi connectivity index (χ1) is 8.67. The van der Waals surface area contributed by atoms with Gasteiger partial charge in [0.1, 0.15) is 0 Å². The number of carbonyl (C=O) groups excluding carboxylic acids is 2. The molecular weight excluding hydrogens is 236 g/mol. The van der Waals surface area contributed by atoms with Gasteiger partial charge >= 0.3 is 6.09 Å². The molecule has 6 nitrogen and oxygen atoms in total. The summed E-state index contributed by atoms with van der Waals surface area (Å²) in [5, 5.41) is 13.6. The molecule has 3 N–H and O–H groups in total. The van der Waals surface area contributed by atoms with Gasteiger partial charge < -0.3 is 15.2 Å². The first-order valence-electron chi connectivity index (χ1n) is 5.60. The number of carbonyl (C=O) groups is 2. The number of aliphatic hydroxyl groups excluding tert-OH is 1. The molecule has 0 bridgehead atoms. The summed E-state index contributed by atoms with van der Waals surface area (Å²) in [5.74, 6) is -0.272. The van der Waals surface area contributed by atoms with Crippen LogP contribution in [0.25, 0.3) is 0 Å². The first kappa shape index (κ1) is 14.0. The summed E-state index contributed by atoms with van der Waals surface area (Å²) < 4.78 is 4.72. The van der Waals surface area contributed by atoms with Crippen LogP contribution in [0, 0.1) is 0 Å². The van der Waals surface area contributed by atoms with E-state index >= 15 is 0 Å². The van der Waals surface area contributed by atoms with Crippen molar-refractivity contribution < 1.29 is 19.4 Å². The van der Waals surface area contributed by atoms with E-state index in [0.29, 0.717) is 17.9 Å². The van der Waals surface area contributed by atoms with Gasteiger partial charge in [0, 0.05) is 17.8 Å². The van der Waals surface area contributed by atoms with Gasteiger partial charge in [-0.3, -0.25) is 10.1 Å². The van der Waals surface area contributed by atoms with Gasteiger partial charge in [-0.15, -0.1) is 0 Å². The standard InChI is InChI=1S/C12H16N2O4/c1-2-18-12(17)14-10-5-3-9(4-6-10)11(16)13-7-8-15/h3-6,15H,2,7-8H2,1H3,(H,13,16)(H,14,17). The second-order valence-corrected chi connectivity index (χ2v) is 3.40. The Bertz CT molecular complexity index is 403. The number of hydrogen-bond donors (Lipinski definition) is 3. The van der Waals surface area contributed by atoms with Gasteiger partial charge in [0.25, 0.3) is 5.91 Å². The molecule has 0 fully saturated rings. The highest BCUT2D eigenvalue weighted by Gasteiger charge is 2.05. The van der Waals surface area contributed by atoms with Gasteiger partial charge in [-0.1, -0.05) is 0 Å². The molecule has 0 aromatic heterocycles. The number of nitrogens with one attached hydrogen (secondary N) is 2. The third kappa shape index (κ3) is 4.42. The van der Waals surface area contributed by atoms with Crippen molar-refractivity contribution in [3.05, 3.63) is 29.8 Å². The lowest BCUT2D eigenvalue weighted by molar-refractivity contribution is 0.0945. The number of aliphatic hydroxyl groups is 1. The number of rotatable bonds is 5. The number of hydrogen-bond acceptors (Lipinski definition) is 4. The summed E-state index contributed by atoms with van der Waals surface area (Å²) in [6, 6.07) is 6.36. The van der Waals surface area contributed by atoms with Gasteiger partial charge in [-0.2, -0.15) is 0 Å². The quantitative estimate of drug-likeness (QED) is 0.728. The SMILES string of the molecule is CCOC(=O)Nc1ccc(C(=O)NCCO)cc1. The molecule has 6 heteroatoms. The highest BCUT2D eigenvalue weighted by Crippen LogP contribution is 2.09. The molecule has 0 saturated carbocycles. The van der Waals surface area contributed by atoms with Crippen molar-refractivity contribution in [3.8, 4) is 0 Å². The van der Waals surface area contributed by atoms with E-state index in [-0.39, 0.29) is 19.1 Å². The lowest BCUT2D eigenvalue weighted by Crippen LogP contribution is -2.26. The molecule has 0 spiro atoms. The topological polar surface area (TPSA) is 87.7 Å². The average molecular weight is 252 g/mol. The summed E-state index contributed by atoms with van der Waals surface area (Å²) in [6.45, 7) is 2.12. The van der Waals surface area contributed by atoms with Crippen LogP contribution in [0.4, 0.5) is 10.5 Å². The minimum atomic E-state index is -0.532. The van der Waals surface area contributed by atoms with Crippen LogP contribution in [-0.2, 0) is 4.74 Å². The Labute approximate surface area is 105 Å². The van der Waals surface area contributed by atoms with Crippen LogP contribution >= 0.6 is 0 Å². The van der Waals surface area contributed by atoms with E-state index < -0.39 is 6.09 Å². The molecular formula is C12H16N2O4. The van der Waals surface area contributed by atoms with Crippen molar-refractivity contribution in [2.24, 2.45) is 0 Å². The van der Waals surface area contributed by atoms with Crippen LogP contribution in [-0.4, -0.2) is 36.9 Å². The molecule has 1 aromatic rings. The fourth-order valence-electron chi connectivity index (χ4n) is 1.26. The van der Waals surface area contributed by atoms with E-state index in [9.17, 15) is 9.59 Å². The summed E-state index contributed by atoms with van der Waals surface area (Å²) >= 11 is 0. The smallest absolute Gasteiger partial charge is 0.411 e. The summed E-state index contributed by atoms with van der Waals surface area (Å²) in [6.07, 6.45) is -0.532. The second kappa shape index (κ2) is 7.29. The third-order valence-electron chi connectivity index (χ3n) is 2.07. The van der Waals surface area contributed by atoms with Crippen molar-refractivity contribution >= 4 is 17.7 Å². The molecule has 0 unspecified atom stereocenters. The monoisotopic (exact) mass is 252 g/mol. The van der Waals surface area contributed by atoms with E-state index in [4.69, 9.17) is 9.84 Å². The van der Waals surface area contributed by atoms with Gasteiger partial charge in [0.2, 0.25) is 0 Å². The molecule has 18 heavy (non-hydrogen) atoms. The van der Waals surface area contributed by atoms with Crippen LogP contribution < -0.4 is 10.6 Å². The Kier molecular flexibility index (Phi) is 5.66. The van der Waals surface area contributed by atoms with Crippen LogP contribution in [0.1, 0.15) is 17.3 Å². The molecule has 0 heterocycles. The van der Waals surface area contributed by atoms with Crippen molar-refractivity contribution in [3.63, 3.8) is 0 Å². The van der Waals surface area contributed by atoms with Crippen LogP contribution in [0.5, 0.6) is 0 Å². The van der Waals surface area contributed by atoms with E-state index in [0.717, 1.165) is 0 Å². The highest BCUT2D eigenvalue weighted by molar-refractivity contribution is 5.95. The summed E-state index contributed by atoms with van der Waals surface area (Å²) in [4.78, 5) is 22.6. The Morgan fingerprint density at radius 2 is 1.94 bits per heavy atom. The van der Waals surface area contributed by atoms with Gasteiger partial charge in [0.15, 0.2) is 0 Å².